The minimum atomic E-state index is -4.23. The van der Waals surface area contributed by atoms with Gasteiger partial charge in [0.1, 0.15) is 0 Å². The molecule has 2 amide bonds. The Morgan fingerprint density at radius 3 is 2.38 bits per heavy atom. The number of amides is 2. The van der Waals surface area contributed by atoms with Crippen LogP contribution in [-0.2, 0) is 28.2 Å². The van der Waals surface area contributed by atoms with Crippen LogP contribution in [0.15, 0.2) is 81.0 Å². The lowest BCUT2D eigenvalue weighted by Gasteiger charge is -2.36. The van der Waals surface area contributed by atoms with Gasteiger partial charge in [0.2, 0.25) is 30.8 Å². The summed E-state index contributed by atoms with van der Waals surface area (Å²) in [4.78, 5) is 31.8. The Morgan fingerprint density at radius 2 is 1.71 bits per heavy atom. The van der Waals surface area contributed by atoms with E-state index in [1.165, 1.54) is 36.3 Å². The summed E-state index contributed by atoms with van der Waals surface area (Å²) in [5.41, 5.74) is 9.56. The molecule has 3 aromatic carbocycles. The average molecular weight is 625 g/mol. The lowest BCUT2D eigenvalue weighted by Crippen LogP contribution is -2.46. The van der Waals surface area contributed by atoms with Gasteiger partial charge in [-0.3, -0.25) is 14.5 Å². The first-order valence-electron chi connectivity index (χ1n) is 13.1. The van der Waals surface area contributed by atoms with Crippen molar-refractivity contribution in [3.63, 3.8) is 0 Å². The van der Waals surface area contributed by atoms with Gasteiger partial charge in [0, 0.05) is 57.4 Å². The van der Waals surface area contributed by atoms with Gasteiger partial charge in [-0.1, -0.05) is 59.3 Å². The van der Waals surface area contributed by atoms with Crippen molar-refractivity contribution in [2.45, 2.75) is 22.7 Å². The molecule has 2 N–H and O–H groups in total. The molecule has 10 nitrogen and oxygen atoms in total. The Bertz CT molecular complexity index is 1830. The molecule has 2 heterocycles. The Hall–Kier alpha value is -3.84. The number of rotatable bonds is 7. The molecule has 0 atom stereocenters. The van der Waals surface area contributed by atoms with E-state index in [9.17, 15) is 18.0 Å². The van der Waals surface area contributed by atoms with Crippen LogP contribution in [0.25, 0.3) is 11.1 Å². The Balaban J connectivity index is 1.36. The van der Waals surface area contributed by atoms with E-state index in [0.29, 0.717) is 23.8 Å². The molecular formula is C29H29ClN6O4S2. The third kappa shape index (κ3) is 6.31. The summed E-state index contributed by atoms with van der Waals surface area (Å²) < 4.78 is 28.2. The highest BCUT2D eigenvalue weighted by Gasteiger charge is 2.29. The maximum atomic E-state index is 13.6. The van der Waals surface area contributed by atoms with E-state index >= 15 is 0 Å². The first-order chi connectivity index (χ1) is 20.0. The predicted molar refractivity (Wildman–Crippen MR) is 162 cm³/mol. The van der Waals surface area contributed by atoms with Gasteiger partial charge in [-0.2, -0.15) is 4.99 Å². The fraction of sp³-hybridized carbons (Fsp3) is 0.241. The highest BCUT2D eigenvalue weighted by atomic mass is 35.5. The highest BCUT2D eigenvalue weighted by Crippen LogP contribution is 2.30. The van der Waals surface area contributed by atoms with E-state index in [1.54, 1.807) is 6.07 Å². The van der Waals surface area contributed by atoms with Gasteiger partial charge >= 0.3 is 0 Å². The normalized spacial score (nSPS) is 14.7. The number of halogens is 1. The van der Waals surface area contributed by atoms with E-state index in [0.717, 1.165) is 42.1 Å². The van der Waals surface area contributed by atoms with E-state index in [-0.39, 0.29) is 19.6 Å². The van der Waals surface area contributed by atoms with Crippen LogP contribution < -0.4 is 15.4 Å². The molecule has 42 heavy (non-hydrogen) atoms. The van der Waals surface area contributed by atoms with Crippen LogP contribution in [0.1, 0.15) is 22.8 Å². The fourth-order valence-electron chi connectivity index (χ4n) is 4.87. The number of anilines is 1. The van der Waals surface area contributed by atoms with Crippen LogP contribution in [0, 0.1) is 0 Å². The summed E-state index contributed by atoms with van der Waals surface area (Å²) in [7, 11) is -2.73. The first kappa shape index (κ1) is 29.6. The molecular weight excluding hydrogens is 596 g/mol. The number of hydrogen-bond acceptors (Lipinski definition) is 8. The summed E-state index contributed by atoms with van der Waals surface area (Å²) in [5, 5.41) is 4.76. The standard InChI is InChI=1S/C29H29ClN6O4S2/c1-19(37)32-28-34(2)33-29(41-28)42(39,40)26-17-23(11-12-25(26)27(31)38)36-15-13-35(14-16-36)18-21-5-3-4-6-24(21)20-7-9-22(30)10-8-20/h3-12,17H,13-16,18H2,1-2H3,(H2,31,38). The fourth-order valence-corrected chi connectivity index (χ4v) is 7.75. The number of piperazine rings is 1. The summed E-state index contributed by atoms with van der Waals surface area (Å²) in [5.74, 6) is -1.34. The van der Waals surface area contributed by atoms with Crippen molar-refractivity contribution in [1.82, 2.24) is 14.7 Å². The molecule has 1 fully saturated rings. The van der Waals surface area contributed by atoms with Gasteiger partial charge in [-0.25, -0.2) is 13.1 Å². The molecule has 1 aromatic heterocycles. The number of aryl methyl sites for hydroxylation is 1. The summed E-state index contributed by atoms with van der Waals surface area (Å²) in [6.45, 7) is 4.86. The monoisotopic (exact) mass is 624 g/mol. The Morgan fingerprint density at radius 1 is 1.02 bits per heavy atom. The third-order valence-electron chi connectivity index (χ3n) is 6.99. The SMILES string of the molecule is CC(=O)N=c1sc(S(=O)(=O)c2cc(N3CCN(Cc4ccccc4-c4ccc(Cl)cc4)CC3)ccc2C(N)=O)nn1C. The van der Waals surface area contributed by atoms with Gasteiger partial charge in [0.25, 0.3) is 0 Å². The number of benzene rings is 3. The first-order valence-corrected chi connectivity index (χ1v) is 15.8. The second-order valence-electron chi connectivity index (χ2n) is 9.88. The van der Waals surface area contributed by atoms with Crippen molar-refractivity contribution < 1.29 is 18.0 Å². The molecule has 4 aromatic rings. The molecule has 0 spiro atoms. The van der Waals surface area contributed by atoms with Crippen molar-refractivity contribution in [2.24, 2.45) is 17.8 Å². The Labute approximate surface area is 252 Å². The number of nitrogens with two attached hydrogens (primary N) is 1. The minimum absolute atomic E-state index is 0.126. The van der Waals surface area contributed by atoms with E-state index in [1.807, 2.05) is 36.4 Å². The van der Waals surface area contributed by atoms with Crippen LogP contribution in [0.3, 0.4) is 0 Å². The molecule has 218 valence electrons. The second-order valence-corrected chi connectivity index (χ2v) is 13.4. The van der Waals surface area contributed by atoms with E-state index in [2.05, 4.69) is 32.0 Å². The average Bonchev–Trinajstić information content (AvgIpc) is 3.34. The van der Waals surface area contributed by atoms with E-state index in [4.69, 9.17) is 17.3 Å². The topological polar surface area (TPSA) is 131 Å². The van der Waals surface area contributed by atoms with Gasteiger partial charge in [0.15, 0.2) is 0 Å². The molecule has 0 aliphatic carbocycles. The molecule has 1 saturated heterocycles. The Kier molecular flexibility index (Phi) is 8.60. The molecule has 1 aliphatic rings. The number of primary amides is 1. The number of nitrogens with zero attached hydrogens (tertiary/aromatic N) is 5. The molecule has 1 aliphatic heterocycles. The number of aromatic nitrogens is 2. The minimum Gasteiger partial charge on any atom is -0.369 e. The van der Waals surface area contributed by atoms with Gasteiger partial charge in [-0.05, 0) is 47.0 Å². The van der Waals surface area contributed by atoms with Crippen LogP contribution in [-0.4, -0.2) is 61.1 Å². The maximum Gasteiger partial charge on any atom is 0.250 e. The summed E-state index contributed by atoms with van der Waals surface area (Å²) in [6, 6.07) is 20.7. The number of hydrogen-bond donors (Lipinski definition) is 1. The molecule has 0 bridgehead atoms. The summed E-state index contributed by atoms with van der Waals surface area (Å²) >= 11 is 6.83. The van der Waals surface area contributed by atoms with Gasteiger partial charge < -0.3 is 10.6 Å². The van der Waals surface area contributed by atoms with Crippen molar-refractivity contribution in [1.29, 1.82) is 0 Å². The number of carbonyl (C=O) groups is 2. The van der Waals surface area contributed by atoms with Crippen molar-refractivity contribution in [2.75, 3.05) is 31.1 Å². The maximum absolute atomic E-state index is 13.6. The smallest absolute Gasteiger partial charge is 0.250 e. The quantitative estimate of drug-likeness (QED) is 0.333. The second kappa shape index (κ2) is 12.2. The molecule has 0 saturated carbocycles. The van der Waals surface area contributed by atoms with Crippen molar-refractivity contribution in [3.05, 3.63) is 87.7 Å². The van der Waals surface area contributed by atoms with Crippen LogP contribution in [0.2, 0.25) is 5.02 Å². The molecule has 0 unspecified atom stereocenters. The summed E-state index contributed by atoms with van der Waals surface area (Å²) in [6.07, 6.45) is 0. The van der Waals surface area contributed by atoms with Crippen LogP contribution in [0.5, 0.6) is 0 Å². The highest BCUT2D eigenvalue weighted by molar-refractivity contribution is 7.93. The zero-order valence-electron chi connectivity index (χ0n) is 23.0. The van der Waals surface area contributed by atoms with Crippen LogP contribution in [0.4, 0.5) is 5.69 Å². The zero-order valence-corrected chi connectivity index (χ0v) is 25.4. The largest absolute Gasteiger partial charge is 0.369 e. The number of sulfone groups is 1. The van der Waals surface area contributed by atoms with Crippen molar-refractivity contribution in [3.8, 4) is 11.1 Å². The number of carbonyl (C=O) groups excluding carboxylic acids is 2. The lowest BCUT2D eigenvalue weighted by molar-refractivity contribution is -0.116. The molecule has 0 radical (unpaired) electrons. The zero-order chi connectivity index (χ0) is 30.0. The predicted octanol–water partition coefficient (Wildman–Crippen LogP) is 3.50. The van der Waals surface area contributed by atoms with Gasteiger partial charge in [-0.15, -0.1) is 5.10 Å². The molecule has 5 rings (SSSR count). The van der Waals surface area contributed by atoms with Gasteiger partial charge in [0.05, 0.1) is 10.5 Å². The third-order valence-corrected chi connectivity index (χ3v) is 10.4. The molecule has 13 heteroatoms. The van der Waals surface area contributed by atoms with Crippen molar-refractivity contribution >= 4 is 50.3 Å². The van der Waals surface area contributed by atoms with E-state index < -0.39 is 21.7 Å². The lowest BCUT2D eigenvalue weighted by atomic mass is 9.99. The van der Waals surface area contributed by atoms with Crippen LogP contribution >= 0.6 is 22.9 Å².